The van der Waals surface area contributed by atoms with Crippen LogP contribution in [-0.2, 0) is 20.1 Å². The van der Waals surface area contributed by atoms with E-state index in [1.807, 2.05) is 48.1 Å². The van der Waals surface area contributed by atoms with Crippen LogP contribution in [-0.4, -0.2) is 19.7 Å². The minimum absolute atomic E-state index is 0.521. The molecule has 102 valence electrons. The highest BCUT2D eigenvalue weighted by Gasteiger charge is 2.08. The van der Waals surface area contributed by atoms with Crippen LogP contribution in [0.5, 0.6) is 0 Å². The van der Waals surface area contributed by atoms with E-state index in [1.165, 1.54) is 0 Å². The van der Waals surface area contributed by atoms with Gasteiger partial charge in [-0.05, 0) is 12.1 Å². The summed E-state index contributed by atoms with van der Waals surface area (Å²) < 4.78 is 7.58. The molecular weight excluding hydrogens is 254 g/mol. The minimum Gasteiger partial charge on any atom is -0.419 e. The molecule has 0 unspecified atom stereocenters. The summed E-state index contributed by atoms with van der Waals surface area (Å²) in [6.45, 7) is 1.18. The first-order valence-electron chi connectivity index (χ1n) is 6.37. The Morgan fingerprint density at radius 1 is 1.15 bits per heavy atom. The van der Waals surface area contributed by atoms with Crippen LogP contribution in [0.25, 0.3) is 11.5 Å². The van der Waals surface area contributed by atoms with E-state index in [1.54, 1.807) is 6.20 Å². The molecule has 0 aliphatic heterocycles. The molecule has 3 rings (SSSR count). The third-order valence-electron chi connectivity index (χ3n) is 2.97. The summed E-state index contributed by atoms with van der Waals surface area (Å²) in [5.74, 6) is 2.07. The van der Waals surface area contributed by atoms with E-state index in [-0.39, 0.29) is 0 Å². The second-order valence-electron chi connectivity index (χ2n) is 4.42. The van der Waals surface area contributed by atoms with Gasteiger partial charge in [-0.3, -0.25) is 0 Å². The molecule has 0 amide bonds. The number of nitrogens with one attached hydrogen (secondary N) is 1. The first kappa shape index (κ1) is 12.6. The third kappa shape index (κ3) is 2.75. The van der Waals surface area contributed by atoms with Crippen LogP contribution in [0.15, 0.2) is 47.1 Å². The van der Waals surface area contributed by atoms with Crippen molar-refractivity contribution in [1.29, 1.82) is 0 Å². The molecule has 0 aliphatic carbocycles. The fourth-order valence-electron chi connectivity index (χ4n) is 1.87. The Labute approximate surface area is 116 Å². The number of imidazole rings is 1. The normalized spacial score (nSPS) is 10.8. The average molecular weight is 269 g/mol. The molecule has 1 aromatic carbocycles. The monoisotopic (exact) mass is 269 g/mol. The highest BCUT2D eigenvalue weighted by molar-refractivity contribution is 5.51. The zero-order chi connectivity index (χ0) is 13.8. The molecule has 0 atom stereocenters. The molecule has 2 heterocycles. The summed E-state index contributed by atoms with van der Waals surface area (Å²) >= 11 is 0. The van der Waals surface area contributed by atoms with Crippen molar-refractivity contribution in [2.45, 2.75) is 13.1 Å². The molecule has 0 bridgehead atoms. The molecule has 0 spiro atoms. The maximum Gasteiger partial charge on any atom is 0.247 e. The van der Waals surface area contributed by atoms with Crippen molar-refractivity contribution >= 4 is 0 Å². The van der Waals surface area contributed by atoms with Gasteiger partial charge in [0.05, 0.1) is 13.1 Å². The molecule has 0 aliphatic rings. The van der Waals surface area contributed by atoms with Gasteiger partial charge in [0, 0.05) is 25.0 Å². The summed E-state index contributed by atoms with van der Waals surface area (Å²) in [5.41, 5.74) is 0.926. The van der Waals surface area contributed by atoms with Gasteiger partial charge in [-0.2, -0.15) is 0 Å². The van der Waals surface area contributed by atoms with Crippen LogP contribution in [0.3, 0.4) is 0 Å². The number of benzene rings is 1. The number of aromatic nitrogens is 4. The van der Waals surface area contributed by atoms with Crippen LogP contribution in [0.2, 0.25) is 0 Å². The van der Waals surface area contributed by atoms with Crippen LogP contribution in [0.4, 0.5) is 0 Å². The van der Waals surface area contributed by atoms with Crippen molar-refractivity contribution in [3.8, 4) is 11.5 Å². The van der Waals surface area contributed by atoms with Gasteiger partial charge in [0.15, 0.2) is 0 Å². The largest absolute Gasteiger partial charge is 0.419 e. The Balaban J connectivity index is 1.59. The van der Waals surface area contributed by atoms with E-state index in [4.69, 9.17) is 4.42 Å². The minimum atomic E-state index is 0.521. The number of hydrogen-bond acceptors (Lipinski definition) is 5. The van der Waals surface area contributed by atoms with Crippen molar-refractivity contribution in [1.82, 2.24) is 25.1 Å². The lowest BCUT2D eigenvalue weighted by atomic mass is 10.2. The SMILES string of the molecule is Cn1ccnc1CNCc1nnc(-c2ccccc2)o1. The molecule has 2 aromatic heterocycles. The lowest BCUT2D eigenvalue weighted by Crippen LogP contribution is -2.15. The third-order valence-corrected chi connectivity index (χ3v) is 2.97. The average Bonchev–Trinajstić information content (AvgIpc) is 3.10. The molecule has 0 radical (unpaired) electrons. The van der Waals surface area contributed by atoms with Gasteiger partial charge in [-0.1, -0.05) is 18.2 Å². The number of aryl methyl sites for hydroxylation is 1. The fraction of sp³-hybridized carbons (Fsp3) is 0.214. The molecule has 3 aromatic rings. The van der Waals surface area contributed by atoms with Crippen LogP contribution in [0.1, 0.15) is 11.7 Å². The highest BCUT2D eigenvalue weighted by Crippen LogP contribution is 2.16. The van der Waals surface area contributed by atoms with Gasteiger partial charge in [0.1, 0.15) is 5.82 Å². The van der Waals surface area contributed by atoms with Crippen molar-refractivity contribution < 1.29 is 4.42 Å². The maximum atomic E-state index is 5.61. The van der Waals surface area contributed by atoms with E-state index >= 15 is 0 Å². The van der Waals surface area contributed by atoms with Crippen molar-refractivity contribution in [3.05, 3.63) is 54.4 Å². The quantitative estimate of drug-likeness (QED) is 0.764. The Hall–Kier alpha value is -2.47. The van der Waals surface area contributed by atoms with Gasteiger partial charge in [0.25, 0.3) is 0 Å². The molecule has 1 N–H and O–H groups in total. The van der Waals surface area contributed by atoms with Crippen molar-refractivity contribution in [3.63, 3.8) is 0 Å². The highest BCUT2D eigenvalue weighted by atomic mass is 16.4. The van der Waals surface area contributed by atoms with E-state index in [0.717, 1.165) is 11.4 Å². The number of hydrogen-bond donors (Lipinski definition) is 1. The van der Waals surface area contributed by atoms with Gasteiger partial charge < -0.3 is 14.3 Å². The van der Waals surface area contributed by atoms with Crippen LogP contribution in [0, 0.1) is 0 Å². The molecule has 0 saturated heterocycles. The second kappa shape index (κ2) is 5.66. The van der Waals surface area contributed by atoms with Crippen molar-refractivity contribution in [2.75, 3.05) is 0 Å². The second-order valence-corrected chi connectivity index (χ2v) is 4.42. The summed E-state index contributed by atoms with van der Waals surface area (Å²) in [6, 6.07) is 9.73. The van der Waals surface area contributed by atoms with Crippen LogP contribution < -0.4 is 5.32 Å². The van der Waals surface area contributed by atoms with Crippen LogP contribution >= 0.6 is 0 Å². The zero-order valence-electron chi connectivity index (χ0n) is 11.2. The summed E-state index contributed by atoms with van der Waals surface area (Å²) in [4.78, 5) is 4.23. The summed E-state index contributed by atoms with van der Waals surface area (Å²) in [5, 5.41) is 11.3. The molecule has 6 nitrogen and oxygen atoms in total. The molecular formula is C14H15N5O. The van der Waals surface area contributed by atoms with E-state index in [9.17, 15) is 0 Å². The van der Waals surface area contributed by atoms with Gasteiger partial charge >= 0.3 is 0 Å². The van der Waals surface area contributed by atoms with E-state index < -0.39 is 0 Å². The number of nitrogens with zero attached hydrogens (tertiary/aromatic N) is 4. The Morgan fingerprint density at radius 3 is 2.75 bits per heavy atom. The predicted octanol–water partition coefficient (Wildman–Crippen LogP) is 1.76. The maximum absolute atomic E-state index is 5.61. The first-order valence-corrected chi connectivity index (χ1v) is 6.37. The fourth-order valence-corrected chi connectivity index (χ4v) is 1.87. The predicted molar refractivity (Wildman–Crippen MR) is 73.5 cm³/mol. The van der Waals surface area contributed by atoms with E-state index in [2.05, 4.69) is 20.5 Å². The standard InChI is InChI=1S/C14H15N5O/c1-19-8-7-16-12(19)9-15-10-13-17-18-14(20-13)11-5-3-2-4-6-11/h2-8,15H,9-10H2,1H3. The topological polar surface area (TPSA) is 68.8 Å². The molecule has 20 heavy (non-hydrogen) atoms. The van der Waals surface area contributed by atoms with E-state index in [0.29, 0.717) is 24.9 Å². The first-order chi connectivity index (χ1) is 9.83. The molecule has 6 heteroatoms. The zero-order valence-corrected chi connectivity index (χ0v) is 11.2. The molecule has 0 saturated carbocycles. The summed E-state index contributed by atoms with van der Waals surface area (Å²) in [7, 11) is 1.96. The Kier molecular flexibility index (Phi) is 3.56. The Bertz CT molecular complexity index is 674. The van der Waals surface area contributed by atoms with Gasteiger partial charge in [-0.25, -0.2) is 4.98 Å². The summed E-state index contributed by atoms with van der Waals surface area (Å²) in [6.07, 6.45) is 3.69. The smallest absolute Gasteiger partial charge is 0.247 e. The lowest BCUT2D eigenvalue weighted by Gasteiger charge is -2.01. The Morgan fingerprint density at radius 2 is 2.00 bits per heavy atom. The molecule has 0 fully saturated rings. The lowest BCUT2D eigenvalue weighted by molar-refractivity contribution is 0.473. The van der Waals surface area contributed by atoms with Gasteiger partial charge in [-0.15, -0.1) is 10.2 Å². The van der Waals surface area contributed by atoms with Crippen molar-refractivity contribution in [2.24, 2.45) is 7.05 Å². The number of rotatable bonds is 5. The van der Waals surface area contributed by atoms with Gasteiger partial charge in [0.2, 0.25) is 11.8 Å².